The number of phenols is 1. The third-order valence-corrected chi connectivity index (χ3v) is 4.31. The molecule has 1 aromatic heterocycles. The average Bonchev–Trinajstić information content (AvgIpc) is 2.95. The summed E-state index contributed by atoms with van der Waals surface area (Å²) in [6.45, 7) is 0.771. The van der Waals surface area contributed by atoms with E-state index in [-0.39, 0.29) is 11.3 Å². The molecule has 1 N–H and O–H groups in total. The minimum Gasteiger partial charge on any atom is -0.508 e. The van der Waals surface area contributed by atoms with Crippen molar-refractivity contribution in [2.45, 2.75) is 45.0 Å². The van der Waals surface area contributed by atoms with Gasteiger partial charge in [-0.05, 0) is 30.9 Å². The van der Waals surface area contributed by atoms with Crippen LogP contribution in [-0.2, 0) is 6.54 Å². The first-order chi connectivity index (χ1) is 11.4. The van der Waals surface area contributed by atoms with E-state index in [4.69, 9.17) is 0 Å². The Morgan fingerprint density at radius 2 is 1.96 bits per heavy atom. The van der Waals surface area contributed by atoms with E-state index >= 15 is 0 Å². The molecule has 0 saturated heterocycles. The fourth-order valence-corrected chi connectivity index (χ4v) is 3.20. The predicted octanol–water partition coefficient (Wildman–Crippen LogP) is 4.73. The van der Waals surface area contributed by atoms with Gasteiger partial charge >= 0.3 is 6.36 Å². The van der Waals surface area contributed by atoms with Gasteiger partial charge in [0.05, 0.1) is 6.20 Å². The van der Waals surface area contributed by atoms with E-state index in [1.165, 1.54) is 37.6 Å². The molecule has 0 atom stereocenters. The summed E-state index contributed by atoms with van der Waals surface area (Å²) in [7, 11) is 0. The molecule has 0 unspecified atom stereocenters. The Hall–Kier alpha value is -2.18. The quantitative estimate of drug-likeness (QED) is 0.875. The van der Waals surface area contributed by atoms with E-state index in [1.54, 1.807) is 10.9 Å². The van der Waals surface area contributed by atoms with Crippen LogP contribution in [0.1, 0.15) is 32.1 Å². The lowest BCUT2D eigenvalue weighted by atomic mass is 9.89. The standard InChI is InChI=1S/C17H19F3N2O2/c18-17(19,20)24-16-8-14(23)6-7-15(16)13-9-21-22(11-13)10-12-4-2-1-3-5-12/h6-9,11-12,23H,1-5,10H2. The SMILES string of the molecule is Oc1ccc(-c2cnn(CC3CCCCC3)c2)c(OC(F)(F)F)c1. The van der Waals surface area contributed by atoms with Crippen LogP contribution in [-0.4, -0.2) is 21.2 Å². The van der Waals surface area contributed by atoms with Gasteiger partial charge in [-0.2, -0.15) is 5.10 Å². The molecule has 1 aromatic carbocycles. The minimum absolute atomic E-state index is 0.250. The van der Waals surface area contributed by atoms with Crippen molar-refractivity contribution in [1.29, 1.82) is 0 Å². The summed E-state index contributed by atoms with van der Waals surface area (Å²) in [4.78, 5) is 0. The summed E-state index contributed by atoms with van der Waals surface area (Å²) in [6, 6.07) is 3.69. The molecule has 1 heterocycles. The normalized spacial score (nSPS) is 16.3. The van der Waals surface area contributed by atoms with Crippen molar-refractivity contribution >= 4 is 0 Å². The number of nitrogens with zero attached hydrogens (tertiary/aromatic N) is 2. The highest BCUT2D eigenvalue weighted by Crippen LogP contribution is 2.36. The van der Waals surface area contributed by atoms with E-state index in [9.17, 15) is 18.3 Å². The summed E-state index contributed by atoms with van der Waals surface area (Å²) in [5, 5.41) is 13.7. The highest BCUT2D eigenvalue weighted by molar-refractivity contribution is 5.70. The summed E-state index contributed by atoms with van der Waals surface area (Å²) >= 11 is 0. The number of aromatic nitrogens is 2. The molecular weight excluding hydrogens is 321 g/mol. The second kappa shape index (κ2) is 6.75. The van der Waals surface area contributed by atoms with Crippen molar-refractivity contribution in [3.05, 3.63) is 30.6 Å². The van der Waals surface area contributed by atoms with E-state index < -0.39 is 12.1 Å². The molecule has 1 aliphatic rings. The maximum atomic E-state index is 12.6. The second-order valence-electron chi connectivity index (χ2n) is 6.18. The van der Waals surface area contributed by atoms with E-state index in [2.05, 4.69) is 9.84 Å². The Bertz CT molecular complexity index is 691. The van der Waals surface area contributed by atoms with Gasteiger partial charge in [-0.15, -0.1) is 13.2 Å². The van der Waals surface area contributed by atoms with Crippen LogP contribution in [0, 0.1) is 5.92 Å². The molecule has 1 fully saturated rings. The first-order valence-electron chi connectivity index (χ1n) is 8.02. The smallest absolute Gasteiger partial charge is 0.508 e. The van der Waals surface area contributed by atoms with Crippen LogP contribution in [0.4, 0.5) is 13.2 Å². The van der Waals surface area contributed by atoms with Gasteiger partial charge in [0.1, 0.15) is 11.5 Å². The highest BCUT2D eigenvalue weighted by Gasteiger charge is 2.32. The Balaban J connectivity index is 1.81. The molecule has 3 rings (SSSR count). The first kappa shape index (κ1) is 16.7. The van der Waals surface area contributed by atoms with E-state index in [0.717, 1.165) is 25.5 Å². The molecular formula is C17H19F3N2O2. The monoisotopic (exact) mass is 340 g/mol. The van der Waals surface area contributed by atoms with Crippen LogP contribution in [0.3, 0.4) is 0 Å². The predicted molar refractivity (Wildman–Crippen MR) is 82.6 cm³/mol. The molecule has 7 heteroatoms. The molecule has 130 valence electrons. The van der Waals surface area contributed by atoms with Gasteiger partial charge in [-0.1, -0.05) is 19.3 Å². The van der Waals surface area contributed by atoms with Crippen LogP contribution in [0.25, 0.3) is 11.1 Å². The molecule has 1 aliphatic carbocycles. The number of alkyl halides is 3. The van der Waals surface area contributed by atoms with Crippen molar-refractivity contribution in [3.8, 4) is 22.6 Å². The van der Waals surface area contributed by atoms with Gasteiger partial charge in [0.15, 0.2) is 0 Å². The third kappa shape index (κ3) is 4.21. The highest BCUT2D eigenvalue weighted by atomic mass is 19.4. The maximum absolute atomic E-state index is 12.6. The largest absolute Gasteiger partial charge is 0.573 e. The van der Waals surface area contributed by atoms with Gasteiger partial charge in [0.2, 0.25) is 0 Å². The number of ether oxygens (including phenoxy) is 1. The van der Waals surface area contributed by atoms with Gasteiger partial charge in [-0.25, -0.2) is 0 Å². The molecule has 24 heavy (non-hydrogen) atoms. The molecule has 0 amide bonds. The molecule has 4 nitrogen and oxygen atoms in total. The molecule has 0 radical (unpaired) electrons. The van der Waals surface area contributed by atoms with E-state index in [1.807, 2.05) is 0 Å². The van der Waals surface area contributed by atoms with Crippen LogP contribution in [0.15, 0.2) is 30.6 Å². The summed E-state index contributed by atoms with van der Waals surface area (Å²) in [5.41, 5.74) is 0.782. The lowest BCUT2D eigenvalue weighted by molar-refractivity contribution is -0.274. The van der Waals surface area contributed by atoms with Crippen molar-refractivity contribution in [1.82, 2.24) is 9.78 Å². The average molecular weight is 340 g/mol. The van der Waals surface area contributed by atoms with Crippen molar-refractivity contribution < 1.29 is 23.0 Å². The van der Waals surface area contributed by atoms with Crippen molar-refractivity contribution in [2.75, 3.05) is 0 Å². The van der Waals surface area contributed by atoms with Gasteiger partial charge < -0.3 is 9.84 Å². The van der Waals surface area contributed by atoms with Crippen molar-refractivity contribution in [3.63, 3.8) is 0 Å². The Morgan fingerprint density at radius 3 is 2.67 bits per heavy atom. The Morgan fingerprint density at radius 1 is 1.21 bits per heavy atom. The lowest BCUT2D eigenvalue weighted by Gasteiger charge is -2.21. The van der Waals surface area contributed by atoms with Crippen LogP contribution < -0.4 is 4.74 Å². The number of hydrogen-bond acceptors (Lipinski definition) is 3. The van der Waals surface area contributed by atoms with Gasteiger partial charge in [0.25, 0.3) is 0 Å². The molecule has 1 saturated carbocycles. The zero-order valence-electron chi connectivity index (χ0n) is 13.1. The number of aromatic hydroxyl groups is 1. The fraction of sp³-hybridized carbons (Fsp3) is 0.471. The zero-order valence-corrected chi connectivity index (χ0v) is 13.1. The number of rotatable bonds is 4. The first-order valence-corrected chi connectivity index (χ1v) is 8.02. The Labute approximate surface area is 137 Å². The number of phenolic OH excluding ortho intramolecular Hbond substituents is 1. The lowest BCUT2D eigenvalue weighted by Crippen LogP contribution is -2.17. The zero-order chi connectivity index (χ0) is 17.2. The topological polar surface area (TPSA) is 47.3 Å². The number of hydrogen-bond donors (Lipinski definition) is 1. The number of halogens is 3. The van der Waals surface area contributed by atoms with Crippen LogP contribution in [0.5, 0.6) is 11.5 Å². The van der Waals surface area contributed by atoms with Gasteiger partial charge in [-0.3, -0.25) is 4.68 Å². The molecule has 0 aliphatic heterocycles. The second-order valence-corrected chi connectivity index (χ2v) is 6.18. The molecule has 2 aromatic rings. The summed E-state index contributed by atoms with van der Waals surface area (Å²) < 4.78 is 43.5. The summed E-state index contributed by atoms with van der Waals surface area (Å²) in [5.74, 6) is -0.149. The van der Waals surface area contributed by atoms with Crippen molar-refractivity contribution in [2.24, 2.45) is 5.92 Å². The maximum Gasteiger partial charge on any atom is 0.573 e. The number of benzene rings is 1. The third-order valence-electron chi connectivity index (χ3n) is 4.31. The fourth-order valence-electron chi connectivity index (χ4n) is 3.20. The van der Waals surface area contributed by atoms with Gasteiger partial charge in [0, 0.05) is 29.9 Å². The molecule has 0 spiro atoms. The Kier molecular flexibility index (Phi) is 4.69. The summed E-state index contributed by atoms with van der Waals surface area (Å²) in [6.07, 6.45) is 4.48. The van der Waals surface area contributed by atoms with E-state index in [0.29, 0.717) is 11.5 Å². The van der Waals surface area contributed by atoms with Crippen LogP contribution in [0.2, 0.25) is 0 Å². The molecule has 0 bridgehead atoms. The minimum atomic E-state index is -4.82. The van der Waals surface area contributed by atoms with Crippen LogP contribution >= 0.6 is 0 Å².